The van der Waals surface area contributed by atoms with Crippen molar-refractivity contribution in [1.82, 2.24) is 15.5 Å². The van der Waals surface area contributed by atoms with E-state index in [9.17, 15) is 0 Å². The second kappa shape index (κ2) is 12.7. The minimum atomic E-state index is 0.438. The van der Waals surface area contributed by atoms with Crippen LogP contribution in [0.5, 0.6) is 0 Å². The maximum atomic E-state index is 5.07. The van der Waals surface area contributed by atoms with Crippen LogP contribution in [0.25, 0.3) is 0 Å². The van der Waals surface area contributed by atoms with E-state index >= 15 is 0 Å². The van der Waals surface area contributed by atoms with Crippen molar-refractivity contribution in [3.8, 4) is 0 Å². The first kappa shape index (κ1) is 21.2. The van der Waals surface area contributed by atoms with Crippen molar-refractivity contribution in [3.05, 3.63) is 0 Å². The minimum Gasteiger partial charge on any atom is -0.385 e. The summed E-state index contributed by atoms with van der Waals surface area (Å²) >= 11 is 0. The van der Waals surface area contributed by atoms with Gasteiger partial charge in [0.15, 0.2) is 5.96 Å². The van der Waals surface area contributed by atoms with Crippen LogP contribution in [0.4, 0.5) is 0 Å². The smallest absolute Gasteiger partial charge is 0.191 e. The average Bonchev–Trinajstić information content (AvgIpc) is 2.44. The van der Waals surface area contributed by atoms with Crippen LogP contribution in [-0.2, 0) is 4.74 Å². The highest BCUT2D eigenvalue weighted by Crippen LogP contribution is 2.21. The normalized spacial score (nSPS) is 12.8. The molecule has 5 heteroatoms. The second-order valence-corrected chi connectivity index (χ2v) is 7.09. The van der Waals surface area contributed by atoms with Crippen LogP contribution in [0.15, 0.2) is 4.99 Å². The third-order valence-electron chi connectivity index (χ3n) is 3.54. The van der Waals surface area contributed by atoms with Crippen molar-refractivity contribution >= 4 is 5.96 Å². The number of hydrogen-bond donors (Lipinski definition) is 2. The molecular formula is C17H38N4O. The Hall–Kier alpha value is -0.810. The van der Waals surface area contributed by atoms with Gasteiger partial charge in [-0.1, -0.05) is 27.2 Å². The Labute approximate surface area is 137 Å². The summed E-state index contributed by atoms with van der Waals surface area (Å²) in [5.74, 6) is 0.904. The fraction of sp³-hybridized carbons (Fsp3) is 0.941. The third-order valence-corrected chi connectivity index (χ3v) is 3.54. The van der Waals surface area contributed by atoms with Crippen LogP contribution < -0.4 is 10.6 Å². The van der Waals surface area contributed by atoms with Crippen LogP contribution in [0.3, 0.4) is 0 Å². The van der Waals surface area contributed by atoms with Gasteiger partial charge in [0.25, 0.3) is 0 Å². The fourth-order valence-electron chi connectivity index (χ4n) is 2.16. The molecule has 0 aromatic heterocycles. The average molecular weight is 315 g/mol. The van der Waals surface area contributed by atoms with Crippen molar-refractivity contribution in [2.45, 2.75) is 46.5 Å². The van der Waals surface area contributed by atoms with E-state index in [1.54, 1.807) is 7.11 Å². The topological polar surface area (TPSA) is 48.9 Å². The number of methoxy groups -OCH3 is 1. The number of aliphatic imine (C=N–C) groups is 1. The van der Waals surface area contributed by atoms with Gasteiger partial charge in [-0.15, -0.1) is 0 Å². The molecule has 132 valence electrons. The standard InChI is InChI=1S/C17H38N4O/c1-17(2,3)10-7-8-11-19-16(18-4)20-12-14-21(5)13-9-15-22-6/h7-15H2,1-6H3,(H2,18,19,20). The lowest BCUT2D eigenvalue weighted by Gasteiger charge is -2.19. The van der Waals surface area contributed by atoms with Crippen LogP contribution in [0, 0.1) is 5.41 Å². The van der Waals surface area contributed by atoms with Gasteiger partial charge in [-0.3, -0.25) is 4.99 Å². The zero-order chi connectivity index (χ0) is 16.8. The van der Waals surface area contributed by atoms with Gasteiger partial charge in [-0.25, -0.2) is 0 Å². The quantitative estimate of drug-likeness (QED) is 0.349. The second-order valence-electron chi connectivity index (χ2n) is 7.09. The van der Waals surface area contributed by atoms with E-state index in [2.05, 4.69) is 48.3 Å². The van der Waals surface area contributed by atoms with Gasteiger partial charge in [0.05, 0.1) is 0 Å². The molecule has 0 aromatic rings. The molecule has 0 unspecified atom stereocenters. The number of rotatable bonds is 11. The molecule has 0 aliphatic rings. The molecular weight excluding hydrogens is 276 g/mol. The first-order chi connectivity index (χ1) is 10.4. The summed E-state index contributed by atoms with van der Waals surface area (Å²) in [5, 5.41) is 6.75. The lowest BCUT2D eigenvalue weighted by atomic mass is 9.90. The largest absolute Gasteiger partial charge is 0.385 e. The molecule has 0 radical (unpaired) electrons. The van der Waals surface area contributed by atoms with E-state index in [1.165, 1.54) is 19.3 Å². The summed E-state index contributed by atoms with van der Waals surface area (Å²) in [6, 6.07) is 0. The maximum absolute atomic E-state index is 5.07. The van der Waals surface area contributed by atoms with Crippen LogP contribution in [0.2, 0.25) is 0 Å². The fourth-order valence-corrected chi connectivity index (χ4v) is 2.16. The number of hydrogen-bond acceptors (Lipinski definition) is 3. The van der Waals surface area contributed by atoms with Gasteiger partial charge in [-0.2, -0.15) is 0 Å². The maximum Gasteiger partial charge on any atom is 0.191 e. The highest BCUT2D eigenvalue weighted by atomic mass is 16.5. The zero-order valence-corrected chi connectivity index (χ0v) is 15.7. The van der Waals surface area contributed by atoms with Gasteiger partial charge in [0, 0.05) is 46.9 Å². The van der Waals surface area contributed by atoms with Gasteiger partial charge in [-0.05, 0) is 31.7 Å². The number of unbranched alkanes of at least 4 members (excludes halogenated alkanes) is 1. The van der Waals surface area contributed by atoms with Crippen molar-refractivity contribution in [3.63, 3.8) is 0 Å². The van der Waals surface area contributed by atoms with Crippen molar-refractivity contribution < 1.29 is 4.74 Å². The molecule has 0 bridgehead atoms. The molecule has 0 amide bonds. The Morgan fingerprint density at radius 3 is 2.32 bits per heavy atom. The molecule has 0 atom stereocenters. The third kappa shape index (κ3) is 14.1. The Morgan fingerprint density at radius 2 is 1.73 bits per heavy atom. The lowest BCUT2D eigenvalue weighted by Crippen LogP contribution is -2.41. The van der Waals surface area contributed by atoms with Crippen LogP contribution in [-0.4, -0.2) is 64.9 Å². The predicted molar refractivity (Wildman–Crippen MR) is 96.7 cm³/mol. The molecule has 0 aliphatic heterocycles. The summed E-state index contributed by atoms with van der Waals surface area (Å²) in [7, 11) is 5.71. The summed E-state index contributed by atoms with van der Waals surface area (Å²) in [6.45, 7) is 11.7. The highest BCUT2D eigenvalue weighted by molar-refractivity contribution is 5.79. The predicted octanol–water partition coefficient (Wildman–Crippen LogP) is 2.34. The summed E-state index contributed by atoms with van der Waals surface area (Å²) < 4.78 is 5.07. The minimum absolute atomic E-state index is 0.438. The van der Waals surface area contributed by atoms with Crippen molar-refractivity contribution in [1.29, 1.82) is 0 Å². The molecule has 5 nitrogen and oxygen atoms in total. The van der Waals surface area contributed by atoms with Crippen molar-refractivity contribution in [2.75, 3.05) is 54.0 Å². The Bertz CT molecular complexity index is 287. The van der Waals surface area contributed by atoms with Gasteiger partial charge in [0.2, 0.25) is 0 Å². The molecule has 0 aliphatic carbocycles. The van der Waals surface area contributed by atoms with E-state index in [1.807, 2.05) is 7.05 Å². The van der Waals surface area contributed by atoms with E-state index in [0.717, 1.165) is 45.2 Å². The Morgan fingerprint density at radius 1 is 1.05 bits per heavy atom. The summed E-state index contributed by atoms with van der Waals surface area (Å²) in [4.78, 5) is 6.57. The van der Waals surface area contributed by atoms with E-state index in [-0.39, 0.29) is 0 Å². The molecule has 0 rings (SSSR count). The molecule has 22 heavy (non-hydrogen) atoms. The summed E-state index contributed by atoms with van der Waals surface area (Å²) in [6.07, 6.45) is 4.80. The molecule has 2 N–H and O–H groups in total. The number of guanidine groups is 1. The number of likely N-dealkylation sites (N-methyl/N-ethyl adjacent to an activating group) is 1. The molecule has 0 aromatic carbocycles. The highest BCUT2D eigenvalue weighted by Gasteiger charge is 2.08. The van der Waals surface area contributed by atoms with Crippen LogP contribution >= 0.6 is 0 Å². The monoisotopic (exact) mass is 314 g/mol. The molecule has 0 saturated heterocycles. The van der Waals surface area contributed by atoms with Crippen molar-refractivity contribution in [2.24, 2.45) is 10.4 Å². The Kier molecular flexibility index (Phi) is 12.2. The summed E-state index contributed by atoms with van der Waals surface area (Å²) in [5.41, 5.74) is 0.438. The number of nitrogens with one attached hydrogen (secondary N) is 2. The molecule has 0 heterocycles. The van der Waals surface area contributed by atoms with E-state index < -0.39 is 0 Å². The molecule has 0 saturated carbocycles. The number of nitrogens with zero attached hydrogens (tertiary/aromatic N) is 2. The molecule has 0 fully saturated rings. The lowest BCUT2D eigenvalue weighted by molar-refractivity contribution is 0.180. The van der Waals surface area contributed by atoms with Gasteiger partial charge < -0.3 is 20.3 Å². The SMILES string of the molecule is CN=C(NCCCCC(C)(C)C)NCCN(C)CCCOC. The zero-order valence-electron chi connectivity index (χ0n) is 15.7. The first-order valence-electron chi connectivity index (χ1n) is 8.51. The van der Waals surface area contributed by atoms with Gasteiger partial charge in [0.1, 0.15) is 0 Å². The van der Waals surface area contributed by atoms with E-state index in [0.29, 0.717) is 5.41 Å². The van der Waals surface area contributed by atoms with Crippen LogP contribution in [0.1, 0.15) is 46.5 Å². The van der Waals surface area contributed by atoms with E-state index in [4.69, 9.17) is 4.74 Å². The van der Waals surface area contributed by atoms with Gasteiger partial charge >= 0.3 is 0 Å². The number of ether oxygens (including phenoxy) is 1. The first-order valence-corrected chi connectivity index (χ1v) is 8.51. The molecule has 0 spiro atoms. The Balaban J connectivity index is 3.63.